The van der Waals surface area contributed by atoms with E-state index in [1.54, 1.807) is 6.07 Å². The number of benzene rings is 1. The monoisotopic (exact) mass is 342 g/mol. The number of amides is 2. The fraction of sp³-hybridized carbons (Fsp3) is 0.529. The molecule has 1 aromatic rings. The molecule has 2 amide bonds. The van der Waals surface area contributed by atoms with Gasteiger partial charge in [0.05, 0.1) is 11.3 Å². The molecule has 1 aliphatic carbocycles. The Morgan fingerprint density at radius 2 is 1.75 bits per heavy atom. The Morgan fingerprint density at radius 1 is 1.17 bits per heavy atom. The Hall–Kier alpha value is -2.05. The van der Waals surface area contributed by atoms with Crippen molar-refractivity contribution in [2.24, 2.45) is 11.1 Å². The standard InChI is InChI=1S/C17H21F3N2O2/c18-17(19,20)13(12-6-2-1-3-7-12)10-14(23)22-11-16(15(21)24)8-4-5-9-16/h1-3,6-7,13H,4-5,8-11H2,(H2,21,24)(H,22,23)/t13-/m1/s1. The average molecular weight is 342 g/mol. The topological polar surface area (TPSA) is 72.2 Å². The van der Waals surface area contributed by atoms with Gasteiger partial charge in [-0.05, 0) is 18.4 Å². The fourth-order valence-corrected chi connectivity index (χ4v) is 3.20. The van der Waals surface area contributed by atoms with Gasteiger partial charge in [-0.25, -0.2) is 0 Å². The lowest BCUT2D eigenvalue weighted by Gasteiger charge is -2.26. The third kappa shape index (κ3) is 4.27. The summed E-state index contributed by atoms with van der Waals surface area (Å²) in [6.45, 7) is 0.000529. The van der Waals surface area contributed by atoms with Gasteiger partial charge in [0.25, 0.3) is 0 Å². The van der Waals surface area contributed by atoms with Crippen molar-refractivity contribution in [3.05, 3.63) is 35.9 Å². The SMILES string of the molecule is NC(=O)C1(CNC(=O)C[C@H](c2ccccc2)C(F)(F)F)CCCC1. The molecule has 1 aliphatic rings. The second-order valence-electron chi connectivity index (χ2n) is 6.34. The van der Waals surface area contributed by atoms with E-state index in [1.807, 2.05) is 0 Å². The Kier molecular flexibility index (Phi) is 5.51. The molecule has 0 spiro atoms. The minimum atomic E-state index is -4.52. The predicted molar refractivity (Wildman–Crippen MR) is 83.0 cm³/mol. The van der Waals surface area contributed by atoms with Crippen molar-refractivity contribution >= 4 is 11.8 Å². The number of carbonyl (C=O) groups is 2. The summed E-state index contributed by atoms with van der Waals surface area (Å²) < 4.78 is 39.8. The van der Waals surface area contributed by atoms with Crippen LogP contribution in [0.1, 0.15) is 43.6 Å². The molecule has 3 N–H and O–H groups in total. The molecule has 2 rings (SSSR count). The van der Waals surface area contributed by atoms with E-state index in [-0.39, 0.29) is 12.1 Å². The highest BCUT2D eigenvalue weighted by Gasteiger charge is 2.43. The van der Waals surface area contributed by atoms with E-state index >= 15 is 0 Å². The van der Waals surface area contributed by atoms with Gasteiger partial charge in [-0.1, -0.05) is 43.2 Å². The van der Waals surface area contributed by atoms with Gasteiger partial charge in [0.15, 0.2) is 0 Å². The van der Waals surface area contributed by atoms with Crippen LogP contribution in [0.15, 0.2) is 30.3 Å². The Labute approximate surface area is 138 Å². The number of hydrogen-bond acceptors (Lipinski definition) is 2. The summed E-state index contributed by atoms with van der Waals surface area (Å²) in [7, 11) is 0. The second-order valence-corrected chi connectivity index (χ2v) is 6.34. The molecular weight excluding hydrogens is 321 g/mol. The third-order valence-electron chi connectivity index (χ3n) is 4.69. The molecule has 0 unspecified atom stereocenters. The van der Waals surface area contributed by atoms with Gasteiger partial charge in [0, 0.05) is 13.0 Å². The Balaban J connectivity index is 2.02. The molecule has 0 aromatic heterocycles. The number of nitrogens with one attached hydrogen (secondary N) is 1. The maximum atomic E-state index is 13.3. The van der Waals surface area contributed by atoms with E-state index in [0.29, 0.717) is 12.8 Å². The van der Waals surface area contributed by atoms with Crippen molar-refractivity contribution in [2.75, 3.05) is 6.54 Å². The van der Waals surface area contributed by atoms with Crippen molar-refractivity contribution < 1.29 is 22.8 Å². The molecule has 1 aromatic carbocycles. The average Bonchev–Trinajstić information content (AvgIpc) is 3.01. The molecule has 0 saturated heterocycles. The Morgan fingerprint density at radius 3 is 2.25 bits per heavy atom. The van der Waals surface area contributed by atoms with Crippen molar-refractivity contribution in [1.29, 1.82) is 0 Å². The van der Waals surface area contributed by atoms with Crippen LogP contribution in [-0.4, -0.2) is 24.5 Å². The number of carbonyl (C=O) groups excluding carboxylic acids is 2. The maximum absolute atomic E-state index is 13.3. The van der Waals surface area contributed by atoms with Gasteiger partial charge in [0.1, 0.15) is 0 Å². The minimum Gasteiger partial charge on any atom is -0.369 e. The summed E-state index contributed by atoms with van der Waals surface area (Å²) >= 11 is 0. The molecule has 1 saturated carbocycles. The number of nitrogens with two attached hydrogens (primary N) is 1. The number of primary amides is 1. The summed E-state index contributed by atoms with van der Waals surface area (Å²) in [5.74, 6) is -3.10. The lowest BCUT2D eigenvalue weighted by atomic mass is 9.85. The smallest absolute Gasteiger partial charge is 0.369 e. The van der Waals surface area contributed by atoms with Crippen LogP contribution in [0, 0.1) is 5.41 Å². The normalized spacial score (nSPS) is 18.1. The fourth-order valence-electron chi connectivity index (χ4n) is 3.20. The third-order valence-corrected chi connectivity index (χ3v) is 4.69. The van der Waals surface area contributed by atoms with Crippen LogP contribution in [0.25, 0.3) is 0 Å². The van der Waals surface area contributed by atoms with Crippen LogP contribution in [0.2, 0.25) is 0 Å². The lowest BCUT2D eigenvalue weighted by molar-refractivity contribution is -0.157. The molecule has 132 valence electrons. The van der Waals surface area contributed by atoms with Crippen molar-refractivity contribution in [1.82, 2.24) is 5.32 Å². The summed E-state index contributed by atoms with van der Waals surface area (Å²) in [6.07, 6.45) is -2.45. The van der Waals surface area contributed by atoms with E-state index in [1.165, 1.54) is 24.3 Å². The molecule has 24 heavy (non-hydrogen) atoms. The zero-order valence-electron chi connectivity index (χ0n) is 13.2. The highest BCUT2D eigenvalue weighted by atomic mass is 19.4. The van der Waals surface area contributed by atoms with E-state index in [9.17, 15) is 22.8 Å². The molecule has 0 bridgehead atoms. The predicted octanol–water partition coefficient (Wildman–Crippen LogP) is 2.88. The van der Waals surface area contributed by atoms with Crippen LogP contribution < -0.4 is 11.1 Å². The number of halogens is 3. The lowest BCUT2D eigenvalue weighted by Crippen LogP contribution is -2.45. The van der Waals surface area contributed by atoms with Gasteiger partial charge in [0.2, 0.25) is 11.8 Å². The summed E-state index contributed by atoms with van der Waals surface area (Å²) in [4.78, 5) is 23.7. The highest BCUT2D eigenvalue weighted by molar-refractivity contribution is 5.83. The molecule has 1 atom stereocenters. The molecule has 0 aliphatic heterocycles. The number of rotatable bonds is 6. The summed E-state index contributed by atoms with van der Waals surface area (Å²) in [6, 6.07) is 7.34. The molecule has 1 fully saturated rings. The highest BCUT2D eigenvalue weighted by Crippen LogP contribution is 2.39. The van der Waals surface area contributed by atoms with Crippen molar-refractivity contribution in [3.8, 4) is 0 Å². The Bertz CT molecular complexity index is 581. The van der Waals surface area contributed by atoms with Crippen LogP contribution in [-0.2, 0) is 9.59 Å². The largest absolute Gasteiger partial charge is 0.396 e. The van der Waals surface area contributed by atoms with Gasteiger partial charge < -0.3 is 11.1 Å². The summed E-state index contributed by atoms with van der Waals surface area (Å²) in [5.41, 5.74) is 4.63. The van der Waals surface area contributed by atoms with E-state index < -0.39 is 35.7 Å². The van der Waals surface area contributed by atoms with Gasteiger partial charge >= 0.3 is 6.18 Å². The first-order valence-corrected chi connectivity index (χ1v) is 7.93. The first-order chi connectivity index (χ1) is 11.2. The molecular formula is C17H21F3N2O2. The molecule has 7 heteroatoms. The quantitative estimate of drug-likeness (QED) is 0.834. The van der Waals surface area contributed by atoms with Crippen LogP contribution in [0.3, 0.4) is 0 Å². The first-order valence-electron chi connectivity index (χ1n) is 7.93. The zero-order valence-corrected chi connectivity index (χ0v) is 13.2. The first kappa shape index (κ1) is 18.3. The molecule has 0 radical (unpaired) electrons. The van der Waals surface area contributed by atoms with Crippen LogP contribution >= 0.6 is 0 Å². The van der Waals surface area contributed by atoms with Crippen LogP contribution in [0.4, 0.5) is 13.2 Å². The molecule has 0 heterocycles. The minimum absolute atomic E-state index is 0.000529. The number of alkyl halides is 3. The van der Waals surface area contributed by atoms with Gasteiger partial charge in [-0.2, -0.15) is 13.2 Å². The van der Waals surface area contributed by atoms with Gasteiger partial charge in [-0.3, -0.25) is 9.59 Å². The maximum Gasteiger partial charge on any atom is 0.396 e. The van der Waals surface area contributed by atoms with Crippen molar-refractivity contribution in [2.45, 2.75) is 44.2 Å². The van der Waals surface area contributed by atoms with Crippen LogP contribution in [0.5, 0.6) is 0 Å². The van der Waals surface area contributed by atoms with E-state index in [4.69, 9.17) is 5.73 Å². The number of hydrogen-bond donors (Lipinski definition) is 2. The second kappa shape index (κ2) is 7.23. The van der Waals surface area contributed by atoms with Crippen molar-refractivity contribution in [3.63, 3.8) is 0 Å². The van der Waals surface area contributed by atoms with E-state index in [0.717, 1.165) is 12.8 Å². The molecule has 4 nitrogen and oxygen atoms in total. The van der Waals surface area contributed by atoms with Gasteiger partial charge in [-0.15, -0.1) is 0 Å². The zero-order chi connectivity index (χ0) is 17.8. The summed E-state index contributed by atoms with van der Waals surface area (Å²) in [5, 5.41) is 2.48. The van der Waals surface area contributed by atoms with E-state index in [2.05, 4.69) is 5.32 Å².